The van der Waals surface area contributed by atoms with Crippen LogP contribution >= 0.6 is 11.6 Å². The summed E-state index contributed by atoms with van der Waals surface area (Å²) < 4.78 is 15.5. The molecule has 2 aromatic carbocycles. The second-order valence-corrected chi connectivity index (χ2v) is 6.00. The van der Waals surface area contributed by atoms with Gasteiger partial charge in [-0.2, -0.15) is 0 Å². The number of hydrogen-bond acceptors (Lipinski definition) is 1. The maximum Gasteiger partial charge on any atom is 0.353 e. The molecule has 24 heavy (non-hydrogen) atoms. The molecule has 1 heterocycles. The zero-order valence-electron chi connectivity index (χ0n) is 13.0. The van der Waals surface area contributed by atoms with Crippen molar-refractivity contribution in [1.29, 1.82) is 0 Å². The van der Waals surface area contributed by atoms with Crippen molar-refractivity contribution in [3.63, 3.8) is 0 Å². The summed E-state index contributed by atoms with van der Waals surface area (Å²) >= 11 is 5.91. The minimum absolute atomic E-state index is 0.137. The molecule has 122 valence electrons. The summed E-state index contributed by atoms with van der Waals surface area (Å²) in [7, 11) is 0. The van der Waals surface area contributed by atoms with Crippen LogP contribution in [0.3, 0.4) is 0 Å². The van der Waals surface area contributed by atoms with Crippen molar-refractivity contribution in [1.82, 2.24) is 4.57 Å². The first-order valence-corrected chi connectivity index (χ1v) is 7.77. The van der Waals surface area contributed by atoms with E-state index in [-0.39, 0.29) is 18.1 Å². The van der Waals surface area contributed by atoms with E-state index < -0.39 is 5.97 Å². The van der Waals surface area contributed by atoms with Gasteiger partial charge in [-0.05, 0) is 36.2 Å². The topological polar surface area (TPSA) is 42.2 Å². The van der Waals surface area contributed by atoms with E-state index in [0.29, 0.717) is 16.1 Å². The number of rotatable bonds is 4. The highest BCUT2D eigenvalue weighted by atomic mass is 35.5. The first-order valence-electron chi connectivity index (χ1n) is 7.39. The second-order valence-electron chi connectivity index (χ2n) is 5.57. The van der Waals surface area contributed by atoms with E-state index in [1.165, 1.54) is 6.07 Å². The lowest BCUT2D eigenvalue weighted by molar-refractivity contribution is 0.0686. The Morgan fingerprint density at radius 2 is 1.83 bits per heavy atom. The number of hydrogen-bond donors (Lipinski definition) is 1. The Hall–Kier alpha value is -2.59. The van der Waals surface area contributed by atoms with Crippen LogP contribution in [-0.2, 0) is 6.54 Å². The van der Waals surface area contributed by atoms with Gasteiger partial charge in [-0.3, -0.25) is 0 Å². The number of nitrogens with zero attached hydrogens (tertiary/aromatic N) is 1. The zero-order chi connectivity index (χ0) is 17.3. The number of aromatic carboxylic acids is 1. The van der Waals surface area contributed by atoms with E-state index >= 15 is 0 Å². The van der Waals surface area contributed by atoms with Gasteiger partial charge < -0.3 is 9.67 Å². The van der Waals surface area contributed by atoms with Gasteiger partial charge in [0, 0.05) is 22.3 Å². The Morgan fingerprint density at radius 3 is 2.46 bits per heavy atom. The first kappa shape index (κ1) is 16.3. The fraction of sp³-hybridized carbons (Fsp3) is 0.105. The number of aromatic nitrogens is 1. The predicted octanol–water partition coefficient (Wildman–Crippen LogP) is 5.00. The molecule has 1 aromatic heterocycles. The molecular formula is C19H15ClFNO2. The molecule has 3 nitrogen and oxygen atoms in total. The van der Waals surface area contributed by atoms with Crippen LogP contribution in [0.1, 0.15) is 21.6 Å². The third-order valence-electron chi connectivity index (χ3n) is 3.90. The molecule has 0 bridgehead atoms. The summed E-state index contributed by atoms with van der Waals surface area (Å²) in [6.45, 7) is 2.00. The van der Waals surface area contributed by atoms with E-state index in [1.54, 1.807) is 53.2 Å². The molecule has 0 spiro atoms. The number of carboxylic acids is 1. The molecule has 3 rings (SSSR count). The maximum absolute atomic E-state index is 13.9. The number of benzene rings is 2. The van der Waals surface area contributed by atoms with Crippen molar-refractivity contribution in [3.8, 4) is 11.1 Å². The molecule has 0 aliphatic carbocycles. The molecule has 0 saturated heterocycles. The third kappa shape index (κ3) is 3.05. The summed E-state index contributed by atoms with van der Waals surface area (Å²) in [5.74, 6) is -1.40. The minimum atomic E-state index is -1.05. The van der Waals surface area contributed by atoms with Crippen molar-refractivity contribution >= 4 is 17.6 Å². The number of halogens is 2. The molecule has 0 aliphatic rings. The van der Waals surface area contributed by atoms with Gasteiger partial charge in [0.05, 0.1) is 6.54 Å². The van der Waals surface area contributed by atoms with Gasteiger partial charge in [0.25, 0.3) is 0 Å². The molecule has 0 fully saturated rings. The van der Waals surface area contributed by atoms with Crippen molar-refractivity contribution in [2.24, 2.45) is 0 Å². The fourth-order valence-corrected chi connectivity index (χ4v) is 2.96. The standard InChI is InChI=1S/C19H15ClFNO2/c1-12-10-22(11-14-4-2-3-5-16(14)21)18(19(23)24)17(12)13-6-8-15(20)9-7-13/h2-10H,11H2,1H3,(H,23,24). The number of aryl methyl sites for hydroxylation is 1. The average Bonchev–Trinajstić information content (AvgIpc) is 2.87. The third-order valence-corrected chi connectivity index (χ3v) is 4.15. The van der Waals surface area contributed by atoms with Gasteiger partial charge in [-0.1, -0.05) is 41.9 Å². The highest BCUT2D eigenvalue weighted by Gasteiger charge is 2.21. The summed E-state index contributed by atoms with van der Waals surface area (Å²) in [5, 5.41) is 10.3. The molecular weight excluding hydrogens is 329 g/mol. The zero-order valence-corrected chi connectivity index (χ0v) is 13.7. The largest absolute Gasteiger partial charge is 0.477 e. The summed E-state index contributed by atoms with van der Waals surface area (Å²) in [5.41, 5.74) is 2.78. The smallest absolute Gasteiger partial charge is 0.353 e. The Morgan fingerprint density at radius 1 is 1.17 bits per heavy atom. The van der Waals surface area contributed by atoms with E-state index in [9.17, 15) is 14.3 Å². The number of carboxylic acid groups (broad SMARTS) is 1. The van der Waals surface area contributed by atoms with Gasteiger partial charge in [-0.25, -0.2) is 9.18 Å². The predicted molar refractivity (Wildman–Crippen MR) is 92.1 cm³/mol. The lowest BCUT2D eigenvalue weighted by atomic mass is 10.0. The van der Waals surface area contributed by atoms with Crippen LogP contribution in [0, 0.1) is 12.7 Å². The van der Waals surface area contributed by atoms with Gasteiger partial charge in [0.2, 0.25) is 0 Å². The number of carbonyl (C=O) groups is 1. The van der Waals surface area contributed by atoms with Crippen molar-refractivity contribution in [3.05, 3.63) is 82.4 Å². The van der Waals surface area contributed by atoms with Crippen LogP contribution in [-0.4, -0.2) is 15.6 Å². The van der Waals surface area contributed by atoms with Gasteiger partial charge in [0.15, 0.2) is 0 Å². The molecule has 3 aromatic rings. The molecule has 5 heteroatoms. The Balaban J connectivity index is 2.12. The molecule has 0 radical (unpaired) electrons. The summed E-state index contributed by atoms with van der Waals surface area (Å²) in [4.78, 5) is 11.8. The van der Waals surface area contributed by atoms with E-state index in [0.717, 1.165) is 11.1 Å². The summed E-state index contributed by atoms with van der Waals surface area (Å²) in [6, 6.07) is 13.4. The van der Waals surface area contributed by atoms with E-state index in [1.807, 2.05) is 6.92 Å². The second kappa shape index (κ2) is 6.49. The van der Waals surface area contributed by atoms with Gasteiger partial charge in [0.1, 0.15) is 11.5 Å². The quantitative estimate of drug-likeness (QED) is 0.724. The molecule has 0 unspecified atom stereocenters. The van der Waals surface area contributed by atoms with Crippen molar-refractivity contribution < 1.29 is 14.3 Å². The molecule has 1 N–H and O–H groups in total. The van der Waals surface area contributed by atoms with Crippen LogP contribution in [0.15, 0.2) is 54.7 Å². The molecule has 0 saturated carbocycles. The molecule has 0 aliphatic heterocycles. The monoisotopic (exact) mass is 343 g/mol. The maximum atomic E-state index is 13.9. The van der Waals surface area contributed by atoms with Crippen LogP contribution in [0.2, 0.25) is 5.02 Å². The lowest BCUT2D eigenvalue weighted by Crippen LogP contribution is -2.10. The van der Waals surface area contributed by atoms with Crippen LogP contribution in [0.4, 0.5) is 4.39 Å². The average molecular weight is 344 g/mol. The fourth-order valence-electron chi connectivity index (χ4n) is 2.84. The Kier molecular flexibility index (Phi) is 4.40. The van der Waals surface area contributed by atoms with Gasteiger partial charge >= 0.3 is 5.97 Å². The van der Waals surface area contributed by atoms with Crippen molar-refractivity contribution in [2.75, 3.05) is 0 Å². The molecule has 0 amide bonds. The summed E-state index contributed by atoms with van der Waals surface area (Å²) in [6.07, 6.45) is 1.74. The van der Waals surface area contributed by atoms with Gasteiger partial charge in [-0.15, -0.1) is 0 Å². The highest BCUT2D eigenvalue weighted by Crippen LogP contribution is 2.31. The Labute approximate surface area is 143 Å². The van der Waals surface area contributed by atoms with Crippen molar-refractivity contribution in [2.45, 2.75) is 13.5 Å². The van der Waals surface area contributed by atoms with E-state index in [2.05, 4.69) is 0 Å². The van der Waals surface area contributed by atoms with Crippen LogP contribution in [0.5, 0.6) is 0 Å². The van der Waals surface area contributed by atoms with E-state index in [4.69, 9.17) is 11.6 Å². The normalized spacial score (nSPS) is 10.8. The molecule has 0 atom stereocenters. The first-order chi connectivity index (χ1) is 11.5. The van der Waals surface area contributed by atoms with Crippen LogP contribution in [0.25, 0.3) is 11.1 Å². The Bertz CT molecular complexity index is 900. The van der Waals surface area contributed by atoms with Crippen LogP contribution < -0.4 is 0 Å². The SMILES string of the molecule is Cc1cn(Cc2ccccc2F)c(C(=O)O)c1-c1ccc(Cl)cc1. The highest BCUT2D eigenvalue weighted by molar-refractivity contribution is 6.30. The minimum Gasteiger partial charge on any atom is -0.477 e. The lowest BCUT2D eigenvalue weighted by Gasteiger charge is -2.09.